The van der Waals surface area contributed by atoms with Gasteiger partial charge in [0.2, 0.25) is 10.0 Å². The molecule has 0 fully saturated rings. The number of sulfonamides is 1. The van der Waals surface area contributed by atoms with Gasteiger partial charge >= 0.3 is 0 Å². The minimum absolute atomic E-state index is 0.102. The predicted molar refractivity (Wildman–Crippen MR) is 83.0 cm³/mol. The summed E-state index contributed by atoms with van der Waals surface area (Å²) in [6.45, 7) is 3.89. The third-order valence-corrected chi connectivity index (χ3v) is 6.71. The van der Waals surface area contributed by atoms with Crippen molar-refractivity contribution in [2.45, 2.75) is 24.1 Å². The van der Waals surface area contributed by atoms with Crippen LogP contribution in [0.4, 0.5) is 0 Å². The lowest BCUT2D eigenvalue weighted by Crippen LogP contribution is -2.33. The molecule has 0 radical (unpaired) electrons. The molecule has 18 heavy (non-hydrogen) atoms. The number of thiocarbonyl (C=S) groups is 1. The van der Waals surface area contributed by atoms with Gasteiger partial charge in [-0.2, -0.15) is 11.8 Å². The first-order valence-electron chi connectivity index (χ1n) is 5.36. The van der Waals surface area contributed by atoms with Crippen LogP contribution < -0.4 is 10.5 Å². The van der Waals surface area contributed by atoms with Crippen molar-refractivity contribution in [2.75, 3.05) is 11.5 Å². The quantitative estimate of drug-likeness (QED) is 0.748. The Labute approximate surface area is 121 Å². The van der Waals surface area contributed by atoms with Gasteiger partial charge in [0, 0.05) is 11.8 Å². The molecule has 102 valence electrons. The molecule has 1 aromatic heterocycles. The van der Waals surface area contributed by atoms with Crippen LogP contribution >= 0.6 is 35.3 Å². The van der Waals surface area contributed by atoms with Crippen LogP contribution in [0, 0.1) is 0 Å². The zero-order valence-electron chi connectivity index (χ0n) is 10.2. The van der Waals surface area contributed by atoms with Crippen LogP contribution in [0.2, 0.25) is 0 Å². The molecular weight excluding hydrogens is 308 g/mol. The van der Waals surface area contributed by atoms with E-state index in [1.807, 2.05) is 13.8 Å². The maximum Gasteiger partial charge on any atom is 0.250 e. The van der Waals surface area contributed by atoms with Gasteiger partial charge in [0.25, 0.3) is 0 Å². The van der Waals surface area contributed by atoms with Crippen LogP contribution in [0.5, 0.6) is 0 Å². The molecule has 0 aromatic carbocycles. The van der Waals surface area contributed by atoms with Gasteiger partial charge in [-0.1, -0.05) is 19.1 Å². The van der Waals surface area contributed by atoms with Gasteiger partial charge < -0.3 is 5.73 Å². The van der Waals surface area contributed by atoms with E-state index in [0.717, 1.165) is 22.8 Å². The van der Waals surface area contributed by atoms with Crippen molar-refractivity contribution in [1.82, 2.24) is 4.72 Å². The van der Waals surface area contributed by atoms with Crippen molar-refractivity contribution in [3.8, 4) is 0 Å². The monoisotopic (exact) mass is 324 g/mol. The Balaban J connectivity index is 2.76. The summed E-state index contributed by atoms with van der Waals surface area (Å²) in [4.78, 5) is 0.831. The number of thioether (sulfide) groups is 1. The molecule has 0 saturated heterocycles. The Morgan fingerprint density at radius 2 is 2.28 bits per heavy atom. The van der Waals surface area contributed by atoms with E-state index in [1.54, 1.807) is 17.8 Å². The number of hydrogen-bond donors (Lipinski definition) is 2. The number of rotatable bonds is 7. The van der Waals surface area contributed by atoms with Crippen LogP contribution in [0.1, 0.15) is 18.7 Å². The summed E-state index contributed by atoms with van der Waals surface area (Å²) in [5.74, 6) is 1.72. The van der Waals surface area contributed by atoms with Crippen LogP contribution in [-0.4, -0.2) is 31.0 Å². The average Bonchev–Trinajstić information content (AvgIpc) is 2.75. The molecule has 8 heteroatoms. The molecule has 3 N–H and O–H groups in total. The van der Waals surface area contributed by atoms with Gasteiger partial charge in [-0.25, -0.2) is 13.1 Å². The lowest BCUT2D eigenvalue weighted by molar-refractivity contribution is 0.573. The Bertz CT molecular complexity index is 510. The first-order valence-corrected chi connectivity index (χ1v) is 9.22. The number of hydrogen-bond acceptors (Lipinski definition) is 5. The Morgan fingerprint density at radius 3 is 2.78 bits per heavy atom. The van der Waals surface area contributed by atoms with Crippen molar-refractivity contribution in [2.24, 2.45) is 5.73 Å². The molecule has 1 atom stereocenters. The van der Waals surface area contributed by atoms with Crippen molar-refractivity contribution in [3.05, 3.63) is 17.0 Å². The number of nitrogens with one attached hydrogen (secondary N) is 1. The summed E-state index contributed by atoms with van der Waals surface area (Å²) >= 11 is 7.60. The average molecular weight is 325 g/mol. The lowest BCUT2D eigenvalue weighted by atomic mass is 10.4. The van der Waals surface area contributed by atoms with Crippen LogP contribution in [0.15, 0.2) is 16.3 Å². The molecule has 1 unspecified atom stereocenters. The molecule has 0 bridgehead atoms. The van der Waals surface area contributed by atoms with E-state index in [1.165, 1.54) is 6.07 Å². The van der Waals surface area contributed by atoms with Crippen molar-refractivity contribution in [3.63, 3.8) is 0 Å². The largest absolute Gasteiger partial charge is 0.389 e. The van der Waals surface area contributed by atoms with Gasteiger partial charge in [0.1, 0.15) is 9.20 Å². The van der Waals surface area contributed by atoms with Gasteiger partial charge in [-0.3, -0.25) is 0 Å². The van der Waals surface area contributed by atoms with Crippen LogP contribution in [0.3, 0.4) is 0 Å². The normalized spacial score (nSPS) is 13.4. The highest BCUT2D eigenvalue weighted by Gasteiger charge is 2.19. The fraction of sp³-hybridized carbons (Fsp3) is 0.500. The van der Waals surface area contributed by atoms with E-state index in [-0.39, 0.29) is 15.2 Å². The van der Waals surface area contributed by atoms with Crippen LogP contribution in [-0.2, 0) is 10.0 Å². The summed E-state index contributed by atoms with van der Waals surface area (Å²) in [6.07, 6.45) is 0. The van der Waals surface area contributed by atoms with E-state index in [4.69, 9.17) is 18.0 Å². The fourth-order valence-electron chi connectivity index (χ4n) is 1.25. The topological polar surface area (TPSA) is 72.2 Å². The maximum atomic E-state index is 12.0. The molecule has 0 aliphatic heterocycles. The summed E-state index contributed by atoms with van der Waals surface area (Å²) in [6, 6.07) is 3.06. The van der Waals surface area contributed by atoms with Crippen molar-refractivity contribution < 1.29 is 8.42 Å². The Kier molecular flexibility index (Phi) is 6.06. The summed E-state index contributed by atoms with van der Waals surface area (Å²) in [5.41, 5.74) is 5.46. The molecule has 0 amide bonds. The van der Waals surface area contributed by atoms with E-state index < -0.39 is 10.0 Å². The molecule has 0 spiro atoms. The van der Waals surface area contributed by atoms with E-state index >= 15 is 0 Å². The first-order chi connectivity index (χ1) is 8.36. The zero-order chi connectivity index (χ0) is 13.8. The smallest absolute Gasteiger partial charge is 0.250 e. The van der Waals surface area contributed by atoms with Crippen molar-refractivity contribution in [1.29, 1.82) is 0 Å². The molecule has 0 aliphatic carbocycles. The third kappa shape index (κ3) is 4.51. The molecule has 0 aliphatic rings. The fourth-order valence-corrected chi connectivity index (χ4v) is 4.64. The second kappa shape index (κ2) is 6.85. The molecule has 4 nitrogen and oxygen atoms in total. The predicted octanol–water partition coefficient (Wildman–Crippen LogP) is 1.80. The highest BCUT2D eigenvalue weighted by molar-refractivity contribution is 7.99. The SMILES string of the molecule is CCSCC(C)NS(=O)(=O)c1ccc(C(N)=S)s1. The maximum absolute atomic E-state index is 12.0. The molecular formula is C10H16N2O2S4. The second-order valence-corrected chi connectivity index (χ2v) is 8.45. The first kappa shape index (κ1) is 15.9. The summed E-state index contributed by atoms with van der Waals surface area (Å²) < 4.78 is 27.0. The van der Waals surface area contributed by atoms with E-state index in [2.05, 4.69) is 4.72 Å². The van der Waals surface area contributed by atoms with Gasteiger partial charge in [-0.15, -0.1) is 11.3 Å². The molecule has 1 heterocycles. The van der Waals surface area contributed by atoms with Crippen molar-refractivity contribution >= 4 is 50.3 Å². The Hall–Kier alpha value is -0.150. The van der Waals surface area contributed by atoms with Gasteiger partial charge in [-0.05, 0) is 24.8 Å². The minimum Gasteiger partial charge on any atom is -0.389 e. The molecule has 0 saturated carbocycles. The number of thiophene rings is 1. The second-order valence-electron chi connectivity index (χ2n) is 3.66. The minimum atomic E-state index is -3.46. The zero-order valence-corrected chi connectivity index (χ0v) is 13.4. The summed E-state index contributed by atoms with van der Waals surface area (Å²) in [5, 5.41) is 0. The van der Waals surface area contributed by atoms with E-state index in [0.29, 0.717) is 4.88 Å². The van der Waals surface area contributed by atoms with Gasteiger partial charge in [0.05, 0.1) is 4.88 Å². The lowest BCUT2D eigenvalue weighted by Gasteiger charge is -2.12. The highest BCUT2D eigenvalue weighted by Crippen LogP contribution is 2.21. The standard InChI is InChI=1S/C10H16N2O2S4/c1-3-16-6-7(2)12-18(13,14)9-5-4-8(17-9)10(11)15/h4-5,7,12H,3,6H2,1-2H3,(H2,11,15). The highest BCUT2D eigenvalue weighted by atomic mass is 32.2. The third-order valence-electron chi connectivity index (χ3n) is 2.02. The summed E-state index contributed by atoms with van der Waals surface area (Å²) in [7, 11) is -3.46. The van der Waals surface area contributed by atoms with Gasteiger partial charge in [0.15, 0.2) is 0 Å². The van der Waals surface area contributed by atoms with Crippen LogP contribution in [0.25, 0.3) is 0 Å². The van der Waals surface area contributed by atoms with E-state index in [9.17, 15) is 8.42 Å². The molecule has 1 rings (SSSR count). The Morgan fingerprint density at radius 1 is 1.61 bits per heavy atom. The number of nitrogens with two attached hydrogens (primary N) is 1. The molecule has 1 aromatic rings.